The summed E-state index contributed by atoms with van der Waals surface area (Å²) in [6, 6.07) is 5.73. The largest absolute Gasteiger partial charge is 0.416 e. The third-order valence-electron chi connectivity index (χ3n) is 5.81. The van der Waals surface area contributed by atoms with Crippen molar-refractivity contribution < 1.29 is 18.0 Å². The van der Waals surface area contributed by atoms with Crippen LogP contribution in [0.1, 0.15) is 44.2 Å². The Bertz CT molecular complexity index is 778. The Labute approximate surface area is 192 Å². The molecule has 1 amide bonds. The highest BCUT2D eigenvalue weighted by molar-refractivity contribution is 14.0. The zero-order valence-corrected chi connectivity index (χ0v) is 19.9. The van der Waals surface area contributed by atoms with Gasteiger partial charge in [-0.3, -0.25) is 9.79 Å². The first-order chi connectivity index (χ1) is 13.6. The van der Waals surface area contributed by atoms with Crippen molar-refractivity contribution in [2.24, 2.45) is 10.9 Å². The lowest BCUT2D eigenvalue weighted by molar-refractivity contribution is -0.137. The quantitative estimate of drug-likeness (QED) is 0.341. The van der Waals surface area contributed by atoms with Gasteiger partial charge in [-0.2, -0.15) is 13.2 Å². The molecular formula is C21H30F3IN4O. The molecule has 1 atom stereocenters. The highest BCUT2D eigenvalue weighted by Crippen LogP contribution is 2.48. The maximum absolute atomic E-state index is 13.0. The Morgan fingerprint density at radius 1 is 1.33 bits per heavy atom. The van der Waals surface area contributed by atoms with Crippen LogP contribution in [-0.4, -0.2) is 49.5 Å². The molecule has 1 aliphatic heterocycles. The zero-order valence-electron chi connectivity index (χ0n) is 17.6. The smallest absolute Gasteiger partial charge is 0.356 e. The number of hydrogen-bond donors (Lipinski definition) is 2. The number of benzene rings is 1. The van der Waals surface area contributed by atoms with Gasteiger partial charge in [0.1, 0.15) is 0 Å². The van der Waals surface area contributed by atoms with E-state index in [0.717, 1.165) is 31.9 Å². The maximum atomic E-state index is 13.0. The molecule has 0 bridgehead atoms. The summed E-state index contributed by atoms with van der Waals surface area (Å²) >= 11 is 0. The number of amides is 1. The first-order valence-corrected chi connectivity index (χ1v) is 10.1. The molecule has 1 saturated carbocycles. The van der Waals surface area contributed by atoms with Gasteiger partial charge in [-0.15, -0.1) is 24.0 Å². The Morgan fingerprint density at radius 2 is 2.03 bits per heavy atom. The van der Waals surface area contributed by atoms with Crippen LogP contribution in [0.4, 0.5) is 13.2 Å². The van der Waals surface area contributed by atoms with Crippen molar-refractivity contribution in [1.82, 2.24) is 15.5 Å². The predicted octanol–water partition coefficient (Wildman–Crippen LogP) is 3.78. The van der Waals surface area contributed by atoms with Gasteiger partial charge < -0.3 is 15.5 Å². The number of likely N-dealkylation sites (tertiary alicyclic amines) is 1. The predicted molar refractivity (Wildman–Crippen MR) is 122 cm³/mol. The van der Waals surface area contributed by atoms with Crippen LogP contribution in [0.2, 0.25) is 0 Å². The van der Waals surface area contributed by atoms with Gasteiger partial charge in [0.05, 0.1) is 5.56 Å². The Hall–Kier alpha value is -1.52. The van der Waals surface area contributed by atoms with Gasteiger partial charge in [-0.1, -0.05) is 32.0 Å². The van der Waals surface area contributed by atoms with Crippen molar-refractivity contribution in [3.63, 3.8) is 0 Å². The number of rotatable bonds is 5. The fraction of sp³-hybridized carbons (Fsp3) is 0.619. The number of halogens is 4. The lowest BCUT2D eigenvalue weighted by Crippen LogP contribution is -2.47. The SMILES string of the molecule is CN=C(NCC1(c2cccc(C(F)(F)F)c2)CC1)NC1CCN(C(=O)C(C)C)C1.I. The highest BCUT2D eigenvalue weighted by atomic mass is 127. The standard InChI is InChI=1S/C21H29F3N4O.HI/c1-14(2)18(29)28-10-7-17(12-28)27-19(25-3)26-13-20(8-9-20)15-5-4-6-16(11-15)21(22,23)24;/h4-6,11,14,17H,7-10,12-13H2,1-3H3,(H2,25,26,27);1H. The Morgan fingerprint density at radius 3 is 2.60 bits per heavy atom. The average Bonchev–Trinajstić information content (AvgIpc) is 3.34. The molecule has 0 spiro atoms. The molecule has 30 heavy (non-hydrogen) atoms. The Balaban J connectivity index is 0.00000320. The molecule has 1 aliphatic carbocycles. The number of carbonyl (C=O) groups excluding carboxylic acids is 1. The van der Waals surface area contributed by atoms with Crippen LogP contribution in [-0.2, 0) is 16.4 Å². The molecule has 1 aromatic rings. The summed E-state index contributed by atoms with van der Waals surface area (Å²) < 4.78 is 39.1. The van der Waals surface area contributed by atoms with Gasteiger partial charge >= 0.3 is 6.18 Å². The van der Waals surface area contributed by atoms with Crippen LogP contribution in [0.5, 0.6) is 0 Å². The van der Waals surface area contributed by atoms with Gasteiger partial charge in [-0.25, -0.2) is 0 Å². The maximum Gasteiger partial charge on any atom is 0.416 e. The minimum atomic E-state index is -4.33. The lowest BCUT2D eigenvalue weighted by atomic mass is 9.94. The van der Waals surface area contributed by atoms with E-state index in [4.69, 9.17) is 0 Å². The molecular weight excluding hydrogens is 508 g/mol. The number of carbonyl (C=O) groups is 1. The number of nitrogens with one attached hydrogen (secondary N) is 2. The third-order valence-corrected chi connectivity index (χ3v) is 5.81. The molecule has 9 heteroatoms. The molecule has 1 unspecified atom stereocenters. The molecule has 2 aliphatic rings. The molecule has 168 valence electrons. The van der Waals surface area contributed by atoms with Crippen LogP contribution in [0.25, 0.3) is 0 Å². The first-order valence-electron chi connectivity index (χ1n) is 10.1. The van der Waals surface area contributed by atoms with E-state index in [-0.39, 0.29) is 47.3 Å². The third kappa shape index (κ3) is 5.79. The molecule has 0 radical (unpaired) electrons. The molecule has 1 aromatic carbocycles. The zero-order chi connectivity index (χ0) is 21.2. The van der Waals surface area contributed by atoms with Crippen molar-refractivity contribution in [2.75, 3.05) is 26.7 Å². The molecule has 3 rings (SSSR count). The number of guanidine groups is 1. The van der Waals surface area contributed by atoms with E-state index in [1.165, 1.54) is 12.1 Å². The van der Waals surface area contributed by atoms with E-state index in [2.05, 4.69) is 15.6 Å². The van der Waals surface area contributed by atoms with Crippen molar-refractivity contribution in [3.8, 4) is 0 Å². The summed E-state index contributed by atoms with van der Waals surface area (Å²) in [5.41, 5.74) is -0.178. The van der Waals surface area contributed by atoms with Gasteiger partial charge in [-0.05, 0) is 30.9 Å². The van der Waals surface area contributed by atoms with E-state index in [9.17, 15) is 18.0 Å². The lowest BCUT2D eigenvalue weighted by Gasteiger charge is -2.23. The second kappa shape index (κ2) is 9.74. The highest BCUT2D eigenvalue weighted by Gasteiger charge is 2.45. The van der Waals surface area contributed by atoms with Crippen LogP contribution in [0, 0.1) is 5.92 Å². The fourth-order valence-corrected chi connectivity index (χ4v) is 3.83. The summed E-state index contributed by atoms with van der Waals surface area (Å²) in [5, 5.41) is 6.62. The van der Waals surface area contributed by atoms with Crippen molar-refractivity contribution in [2.45, 2.75) is 50.7 Å². The normalized spacial score (nSPS) is 20.7. The number of aliphatic imine (C=N–C) groups is 1. The van der Waals surface area contributed by atoms with Crippen LogP contribution < -0.4 is 10.6 Å². The second-order valence-corrected chi connectivity index (χ2v) is 8.35. The number of nitrogens with zero attached hydrogens (tertiary/aromatic N) is 2. The molecule has 5 nitrogen and oxygen atoms in total. The minimum absolute atomic E-state index is 0. The summed E-state index contributed by atoms with van der Waals surface area (Å²) in [6.45, 7) is 5.67. The van der Waals surface area contributed by atoms with Crippen molar-refractivity contribution >= 4 is 35.8 Å². The number of alkyl halides is 3. The average molecular weight is 538 g/mol. The summed E-state index contributed by atoms with van der Waals surface area (Å²) in [7, 11) is 1.67. The Kier molecular flexibility index (Phi) is 8.03. The van der Waals surface area contributed by atoms with Crippen molar-refractivity contribution in [1.29, 1.82) is 0 Å². The van der Waals surface area contributed by atoms with Crippen molar-refractivity contribution in [3.05, 3.63) is 35.4 Å². The van der Waals surface area contributed by atoms with Gasteiger partial charge in [0.2, 0.25) is 5.91 Å². The van der Waals surface area contributed by atoms with Crippen LogP contribution in [0.15, 0.2) is 29.3 Å². The molecule has 2 fully saturated rings. The first kappa shape index (κ1) is 24.7. The van der Waals surface area contributed by atoms with E-state index in [0.29, 0.717) is 24.6 Å². The summed E-state index contributed by atoms with van der Waals surface area (Å²) in [4.78, 5) is 18.2. The topological polar surface area (TPSA) is 56.7 Å². The summed E-state index contributed by atoms with van der Waals surface area (Å²) in [5.74, 6) is 0.749. The van der Waals surface area contributed by atoms with E-state index < -0.39 is 11.7 Å². The monoisotopic (exact) mass is 538 g/mol. The second-order valence-electron chi connectivity index (χ2n) is 8.35. The van der Waals surface area contributed by atoms with Gasteiger partial charge in [0, 0.05) is 44.1 Å². The molecule has 0 aromatic heterocycles. The van der Waals surface area contributed by atoms with Crippen LogP contribution in [0.3, 0.4) is 0 Å². The van der Waals surface area contributed by atoms with E-state index in [1.54, 1.807) is 13.1 Å². The molecule has 1 heterocycles. The summed E-state index contributed by atoms with van der Waals surface area (Å²) in [6.07, 6.45) is -1.80. The van der Waals surface area contributed by atoms with Gasteiger partial charge in [0.25, 0.3) is 0 Å². The number of hydrogen-bond acceptors (Lipinski definition) is 2. The van der Waals surface area contributed by atoms with Gasteiger partial charge in [0.15, 0.2) is 5.96 Å². The molecule has 2 N–H and O–H groups in total. The van der Waals surface area contributed by atoms with E-state index >= 15 is 0 Å². The minimum Gasteiger partial charge on any atom is -0.356 e. The van der Waals surface area contributed by atoms with E-state index in [1.807, 2.05) is 18.7 Å². The molecule has 1 saturated heterocycles. The van der Waals surface area contributed by atoms with Crippen LogP contribution >= 0.6 is 24.0 Å². The fourth-order valence-electron chi connectivity index (χ4n) is 3.83.